The van der Waals surface area contributed by atoms with Crippen LogP contribution in [0.15, 0.2) is 179 Å². The summed E-state index contributed by atoms with van der Waals surface area (Å²) < 4.78 is 14.3. The highest BCUT2D eigenvalue weighted by atomic mass is 16.4. The Morgan fingerprint density at radius 3 is 1.18 bits per heavy atom. The molecule has 0 radical (unpaired) electrons. The first-order valence-electron chi connectivity index (χ1n) is 18.7. The fraction of sp³-hybridized carbons (Fsp3) is 0. The number of para-hydroxylation sites is 4. The molecule has 0 unspecified atom stereocenters. The molecule has 4 heterocycles. The summed E-state index contributed by atoms with van der Waals surface area (Å²) in [5.41, 5.74) is 8.54. The van der Waals surface area contributed by atoms with E-state index in [-0.39, 0.29) is 0 Å². The van der Waals surface area contributed by atoms with Gasteiger partial charge in [0.1, 0.15) is 11.0 Å². The lowest BCUT2D eigenvalue weighted by Gasteiger charge is -2.12. The van der Waals surface area contributed by atoms with Crippen LogP contribution in [0.25, 0.3) is 117 Å². The van der Waals surface area contributed by atoms with Crippen molar-refractivity contribution in [2.45, 2.75) is 0 Å². The van der Waals surface area contributed by atoms with Crippen molar-refractivity contribution in [1.29, 1.82) is 0 Å². The van der Waals surface area contributed by atoms with E-state index >= 15 is 0 Å². The first kappa shape index (κ1) is 31.4. The van der Waals surface area contributed by atoms with E-state index in [1.807, 2.05) is 97.1 Å². The molecule has 0 aliphatic heterocycles. The highest BCUT2D eigenvalue weighted by Gasteiger charge is 2.20. The molecular formula is C49H28N6O2. The predicted molar refractivity (Wildman–Crippen MR) is 226 cm³/mol. The monoisotopic (exact) mass is 732 g/mol. The largest absolute Gasteiger partial charge is 0.436 e. The summed E-state index contributed by atoms with van der Waals surface area (Å²) in [7, 11) is 0. The highest BCUT2D eigenvalue weighted by Crippen LogP contribution is 2.38. The lowest BCUT2D eigenvalue weighted by atomic mass is 10.0. The van der Waals surface area contributed by atoms with E-state index in [1.54, 1.807) is 0 Å². The average Bonchev–Trinajstić information content (AvgIpc) is 3.99. The Hall–Kier alpha value is -7.97. The van der Waals surface area contributed by atoms with Crippen molar-refractivity contribution < 1.29 is 8.83 Å². The Morgan fingerprint density at radius 1 is 0.351 bits per heavy atom. The maximum atomic E-state index is 6.08. The third-order valence-corrected chi connectivity index (χ3v) is 10.7. The molecule has 0 aliphatic carbocycles. The van der Waals surface area contributed by atoms with E-state index < -0.39 is 0 Å². The van der Waals surface area contributed by atoms with Crippen LogP contribution in [-0.4, -0.2) is 29.5 Å². The van der Waals surface area contributed by atoms with E-state index in [4.69, 9.17) is 33.8 Å². The van der Waals surface area contributed by atoms with Gasteiger partial charge in [0.25, 0.3) is 0 Å². The maximum Gasteiger partial charge on any atom is 0.238 e. The fourth-order valence-electron chi connectivity index (χ4n) is 7.84. The summed E-state index contributed by atoms with van der Waals surface area (Å²) in [6, 6.07) is 57.5. The smallest absolute Gasteiger partial charge is 0.238 e. The van der Waals surface area contributed by atoms with Crippen LogP contribution in [0.5, 0.6) is 0 Å². The van der Waals surface area contributed by atoms with Crippen LogP contribution in [-0.2, 0) is 0 Å². The van der Waals surface area contributed by atoms with Crippen LogP contribution in [0, 0.1) is 0 Å². The third kappa shape index (κ3) is 5.19. The number of fused-ring (bicyclic) bond motifs is 7. The van der Waals surface area contributed by atoms with Crippen molar-refractivity contribution in [2.75, 3.05) is 0 Å². The van der Waals surface area contributed by atoms with Crippen LogP contribution in [0.1, 0.15) is 0 Å². The minimum atomic E-state index is 0.520. The SMILES string of the molecule is c1ccc2cc3c(cc2c1)c1cc2ccccc2cc1n3-c1nc(-c2ccc(-c3nc4ccccc4o3)cc2)nc(-c2ccc(-c3nc4ccccc4o3)cc2)n1. The van der Waals surface area contributed by atoms with Crippen molar-refractivity contribution in [1.82, 2.24) is 29.5 Å². The number of hydrogen-bond acceptors (Lipinski definition) is 7. The summed E-state index contributed by atoms with van der Waals surface area (Å²) in [5, 5.41) is 6.88. The van der Waals surface area contributed by atoms with Gasteiger partial charge in [-0.25, -0.2) is 15.0 Å². The topological polar surface area (TPSA) is 95.7 Å². The minimum absolute atomic E-state index is 0.520. The Labute approximate surface area is 324 Å². The van der Waals surface area contributed by atoms with E-state index in [0.29, 0.717) is 29.4 Å². The molecule has 0 bridgehead atoms. The van der Waals surface area contributed by atoms with Crippen LogP contribution in [0.2, 0.25) is 0 Å². The number of benzene rings is 8. The summed E-state index contributed by atoms with van der Waals surface area (Å²) in [6.07, 6.45) is 0. The second kappa shape index (κ2) is 12.3. The van der Waals surface area contributed by atoms with Gasteiger partial charge >= 0.3 is 0 Å². The highest BCUT2D eigenvalue weighted by molar-refractivity contribution is 6.16. The molecule has 12 rings (SSSR count). The second-order valence-corrected chi connectivity index (χ2v) is 14.2. The molecule has 0 atom stereocenters. The second-order valence-electron chi connectivity index (χ2n) is 14.2. The molecule has 0 aliphatic rings. The molecule has 12 aromatic rings. The maximum absolute atomic E-state index is 6.08. The Kier molecular flexibility index (Phi) is 6.76. The number of hydrogen-bond donors (Lipinski definition) is 0. The molecule has 0 saturated heterocycles. The van der Waals surface area contributed by atoms with E-state index in [2.05, 4.69) is 77.4 Å². The average molecular weight is 733 g/mol. The van der Waals surface area contributed by atoms with E-state index in [1.165, 1.54) is 10.8 Å². The fourth-order valence-corrected chi connectivity index (χ4v) is 7.84. The molecule has 0 N–H and O–H groups in total. The standard InChI is InChI=1S/C49H28N6O2/c1-3-11-35-27-41-37(25-33(35)9-1)38-26-34-10-2-4-12-36(34)28-42(38)55(41)49-53-45(29-17-21-31(22-18-29)47-50-39-13-5-7-15-43(39)56-47)52-46(54-49)30-19-23-32(24-20-30)48-51-40-14-6-8-16-44(40)57-48/h1-28H. The van der Waals surface area contributed by atoms with Crippen LogP contribution in [0.3, 0.4) is 0 Å². The van der Waals surface area contributed by atoms with Gasteiger partial charge in [0.2, 0.25) is 17.7 Å². The van der Waals surface area contributed by atoms with Gasteiger partial charge < -0.3 is 8.83 Å². The molecule has 8 nitrogen and oxygen atoms in total. The van der Waals surface area contributed by atoms with Gasteiger partial charge in [0.15, 0.2) is 22.8 Å². The van der Waals surface area contributed by atoms with Crippen LogP contribution in [0.4, 0.5) is 0 Å². The molecule has 0 saturated carbocycles. The van der Waals surface area contributed by atoms with Crippen LogP contribution < -0.4 is 0 Å². The Morgan fingerprint density at radius 2 is 0.737 bits per heavy atom. The molecule has 266 valence electrons. The zero-order chi connectivity index (χ0) is 37.5. The summed E-state index contributed by atoms with van der Waals surface area (Å²) >= 11 is 0. The summed E-state index contributed by atoms with van der Waals surface area (Å²) in [5.74, 6) is 2.72. The molecule has 4 aromatic heterocycles. The van der Waals surface area contributed by atoms with Gasteiger partial charge in [0.05, 0.1) is 11.0 Å². The zero-order valence-corrected chi connectivity index (χ0v) is 30.2. The number of nitrogens with zero attached hydrogens (tertiary/aromatic N) is 6. The normalized spacial score (nSPS) is 11.9. The third-order valence-electron chi connectivity index (χ3n) is 10.7. The van der Waals surface area contributed by atoms with Gasteiger partial charge in [-0.2, -0.15) is 9.97 Å². The van der Waals surface area contributed by atoms with Crippen molar-refractivity contribution in [3.63, 3.8) is 0 Å². The predicted octanol–water partition coefficient (Wildman–Crippen LogP) is 12.2. The van der Waals surface area contributed by atoms with Gasteiger partial charge in [-0.05, 0) is 94.3 Å². The molecule has 57 heavy (non-hydrogen) atoms. The lowest BCUT2D eigenvalue weighted by molar-refractivity contribution is 0.619. The molecule has 0 spiro atoms. The molecule has 0 amide bonds. The summed E-state index contributed by atoms with van der Waals surface area (Å²) in [4.78, 5) is 25.0. The van der Waals surface area contributed by atoms with Crippen molar-refractivity contribution in [2.24, 2.45) is 0 Å². The van der Waals surface area contributed by atoms with Gasteiger partial charge in [-0.15, -0.1) is 0 Å². The lowest BCUT2D eigenvalue weighted by Crippen LogP contribution is -2.06. The first-order chi connectivity index (χ1) is 28.2. The Bertz CT molecular complexity index is 3230. The van der Waals surface area contributed by atoms with Gasteiger partial charge in [0, 0.05) is 33.0 Å². The minimum Gasteiger partial charge on any atom is -0.436 e. The Balaban J connectivity index is 1.06. The first-order valence-corrected chi connectivity index (χ1v) is 18.7. The molecule has 8 heteroatoms. The quantitative estimate of drug-likeness (QED) is 0.174. The van der Waals surface area contributed by atoms with E-state index in [0.717, 1.165) is 77.0 Å². The number of oxazole rings is 2. The number of rotatable bonds is 5. The van der Waals surface area contributed by atoms with Crippen molar-refractivity contribution >= 4 is 65.6 Å². The van der Waals surface area contributed by atoms with E-state index in [9.17, 15) is 0 Å². The van der Waals surface area contributed by atoms with Gasteiger partial charge in [-0.1, -0.05) is 97.1 Å². The molecule has 8 aromatic carbocycles. The van der Waals surface area contributed by atoms with Crippen LogP contribution >= 0.6 is 0 Å². The molecule has 0 fully saturated rings. The van der Waals surface area contributed by atoms with Gasteiger partial charge in [-0.3, -0.25) is 4.57 Å². The van der Waals surface area contributed by atoms with Crippen molar-refractivity contribution in [3.05, 3.63) is 170 Å². The number of aromatic nitrogens is 6. The van der Waals surface area contributed by atoms with Crippen molar-refractivity contribution in [3.8, 4) is 51.6 Å². The zero-order valence-electron chi connectivity index (χ0n) is 30.2. The molecular weight excluding hydrogens is 705 g/mol. The summed E-state index contributed by atoms with van der Waals surface area (Å²) in [6.45, 7) is 0.